The number of allylic oxidation sites excluding steroid dienone is 9. The quantitative estimate of drug-likeness (QED) is 0.0272. The SMILES string of the molecule is CC/C=C\C/C=C\C/C=C\C/C=C\CCCCCCCCCCCCCCC(=O)NC(COP(=O)([O-])OCC[N+](C)(C)C)C(O)/C=C/CCCCCCCCCCCCCCCCCCCCCCCCCCCCCCCC. The van der Waals surface area contributed by atoms with E-state index in [1.54, 1.807) is 6.08 Å². The van der Waals surface area contributed by atoms with Crippen LogP contribution in [0, 0.1) is 0 Å². The minimum Gasteiger partial charge on any atom is -0.756 e. The predicted molar refractivity (Wildman–Crippen MR) is 344 cm³/mol. The maximum Gasteiger partial charge on any atom is 0.268 e. The second-order valence-corrected chi connectivity index (χ2v) is 25.9. The lowest BCUT2D eigenvalue weighted by atomic mass is 10.0. The molecule has 2 N–H and O–H groups in total. The van der Waals surface area contributed by atoms with E-state index in [0.717, 1.165) is 64.2 Å². The van der Waals surface area contributed by atoms with Crippen molar-refractivity contribution in [3.8, 4) is 0 Å². The van der Waals surface area contributed by atoms with Gasteiger partial charge in [-0.05, 0) is 57.8 Å². The number of aliphatic hydroxyl groups is 1. The van der Waals surface area contributed by atoms with E-state index in [2.05, 4.69) is 67.8 Å². The molecular weight excluding hydrogens is 996 g/mol. The second kappa shape index (κ2) is 60.8. The molecule has 3 unspecified atom stereocenters. The molecule has 0 aromatic carbocycles. The standard InChI is InChI=1S/C70H133N2O6P/c1-6-8-10-12-14-16-18-20-22-24-26-28-30-32-33-34-35-36-37-38-40-41-43-45-47-49-51-53-55-57-59-61-63-69(73)68(67-78-79(75,76)77-66-65-72(3,4)5)71-70(74)64-62-60-58-56-54-52-50-48-46-44-42-39-31-29-27-25-23-21-19-17-15-13-11-9-7-2/h9,11,15,17,21,23,27,29,61,63,68-69,73H,6-8,10,12-14,16,18-20,22,24-26,28,30-60,62,64-67H2,1-5H3,(H-,71,74,75,76)/b11-9-,17-15-,23-21-,29-27-,63-61+. The molecule has 0 aliphatic heterocycles. The van der Waals surface area contributed by atoms with Gasteiger partial charge in [-0.1, -0.05) is 325 Å². The molecule has 0 aromatic rings. The van der Waals surface area contributed by atoms with E-state index in [1.807, 2.05) is 27.2 Å². The maximum absolute atomic E-state index is 13.0. The average Bonchev–Trinajstić information content (AvgIpc) is 3.42. The van der Waals surface area contributed by atoms with Gasteiger partial charge < -0.3 is 28.8 Å². The van der Waals surface area contributed by atoms with Gasteiger partial charge in [-0.2, -0.15) is 0 Å². The van der Waals surface area contributed by atoms with Gasteiger partial charge in [0.25, 0.3) is 7.82 Å². The number of amides is 1. The number of nitrogens with zero attached hydrogens (tertiary/aromatic N) is 1. The number of phosphoric ester groups is 1. The zero-order valence-corrected chi connectivity index (χ0v) is 54.0. The Morgan fingerprint density at radius 3 is 1.13 bits per heavy atom. The highest BCUT2D eigenvalue weighted by molar-refractivity contribution is 7.45. The summed E-state index contributed by atoms with van der Waals surface area (Å²) in [6.07, 6.45) is 83.4. The summed E-state index contributed by atoms with van der Waals surface area (Å²) in [6, 6.07) is -0.892. The van der Waals surface area contributed by atoms with E-state index < -0.39 is 20.0 Å². The fourth-order valence-electron chi connectivity index (χ4n) is 10.2. The summed E-state index contributed by atoms with van der Waals surface area (Å²) >= 11 is 0. The number of nitrogens with one attached hydrogen (secondary N) is 1. The molecule has 0 bridgehead atoms. The Kier molecular flexibility index (Phi) is 59.4. The number of quaternary nitrogens is 1. The fourth-order valence-corrected chi connectivity index (χ4v) is 10.9. The molecular formula is C70H133N2O6P. The van der Waals surface area contributed by atoms with Crippen molar-refractivity contribution in [3.63, 3.8) is 0 Å². The molecule has 0 aliphatic carbocycles. The Morgan fingerprint density at radius 2 is 0.772 bits per heavy atom. The lowest BCUT2D eigenvalue weighted by Gasteiger charge is -2.29. The van der Waals surface area contributed by atoms with Crippen molar-refractivity contribution in [2.45, 2.75) is 341 Å². The molecule has 0 aliphatic rings. The van der Waals surface area contributed by atoms with Crippen LogP contribution in [0.5, 0.6) is 0 Å². The van der Waals surface area contributed by atoms with Crippen LogP contribution in [0.3, 0.4) is 0 Å². The molecule has 1 amide bonds. The first-order chi connectivity index (χ1) is 38.5. The van der Waals surface area contributed by atoms with Crippen molar-refractivity contribution >= 4 is 13.7 Å². The molecule has 464 valence electrons. The number of hydrogen-bond acceptors (Lipinski definition) is 6. The highest BCUT2D eigenvalue weighted by Gasteiger charge is 2.23. The molecule has 0 saturated heterocycles. The predicted octanol–water partition coefficient (Wildman–Crippen LogP) is 21.0. The number of likely N-dealkylation sites (N-methyl/N-ethyl adjacent to an activating group) is 1. The van der Waals surface area contributed by atoms with E-state index in [-0.39, 0.29) is 19.1 Å². The highest BCUT2D eigenvalue weighted by Crippen LogP contribution is 2.38. The van der Waals surface area contributed by atoms with E-state index in [0.29, 0.717) is 17.4 Å². The third kappa shape index (κ3) is 63.6. The normalized spacial score (nSPS) is 14.1. The van der Waals surface area contributed by atoms with Crippen LogP contribution in [0.2, 0.25) is 0 Å². The van der Waals surface area contributed by atoms with Gasteiger partial charge in [-0.3, -0.25) is 9.36 Å². The summed E-state index contributed by atoms with van der Waals surface area (Å²) in [6.45, 7) is 4.58. The van der Waals surface area contributed by atoms with E-state index in [4.69, 9.17) is 9.05 Å². The minimum absolute atomic E-state index is 0.00231. The molecule has 0 aromatic heterocycles. The van der Waals surface area contributed by atoms with Gasteiger partial charge in [0.1, 0.15) is 13.2 Å². The van der Waals surface area contributed by atoms with Crippen LogP contribution < -0.4 is 10.2 Å². The van der Waals surface area contributed by atoms with Crippen molar-refractivity contribution in [3.05, 3.63) is 60.8 Å². The van der Waals surface area contributed by atoms with Crippen LogP contribution in [0.1, 0.15) is 328 Å². The minimum atomic E-state index is -4.61. The number of hydrogen-bond donors (Lipinski definition) is 2. The molecule has 9 heteroatoms. The molecule has 0 spiro atoms. The van der Waals surface area contributed by atoms with E-state index >= 15 is 0 Å². The van der Waals surface area contributed by atoms with Crippen LogP contribution in [-0.4, -0.2) is 68.5 Å². The van der Waals surface area contributed by atoms with Crippen LogP contribution in [0.25, 0.3) is 0 Å². The van der Waals surface area contributed by atoms with Crippen LogP contribution >= 0.6 is 7.82 Å². The van der Waals surface area contributed by atoms with Gasteiger partial charge in [0.05, 0.1) is 39.9 Å². The monoisotopic (exact) mass is 1130 g/mol. The summed E-state index contributed by atoms with van der Waals surface area (Å²) in [5.74, 6) is -0.197. The molecule has 0 heterocycles. The first-order valence-electron chi connectivity index (χ1n) is 34.2. The first kappa shape index (κ1) is 77.2. The largest absolute Gasteiger partial charge is 0.756 e. The molecule has 79 heavy (non-hydrogen) atoms. The number of unbranched alkanes of at least 4 members (excludes halogenated alkanes) is 42. The Morgan fingerprint density at radius 1 is 0.456 bits per heavy atom. The topological polar surface area (TPSA) is 108 Å². The first-order valence-corrected chi connectivity index (χ1v) is 35.6. The lowest BCUT2D eigenvalue weighted by Crippen LogP contribution is -2.45. The number of rotatable bonds is 63. The van der Waals surface area contributed by atoms with Crippen LogP contribution in [0.15, 0.2) is 60.8 Å². The number of carbonyl (C=O) groups excluding carboxylic acids is 1. The van der Waals surface area contributed by atoms with Gasteiger partial charge in [-0.15, -0.1) is 0 Å². The Labute approximate surface area is 492 Å². The summed E-state index contributed by atoms with van der Waals surface area (Å²) < 4.78 is 23.4. The molecule has 0 saturated carbocycles. The van der Waals surface area contributed by atoms with Gasteiger partial charge in [0, 0.05) is 6.42 Å². The average molecular weight is 1130 g/mol. The van der Waals surface area contributed by atoms with Crippen LogP contribution in [0.4, 0.5) is 0 Å². The summed E-state index contributed by atoms with van der Waals surface area (Å²) in [5, 5.41) is 14.0. The fraction of sp³-hybridized carbons (Fsp3) is 0.843. The third-order valence-electron chi connectivity index (χ3n) is 15.5. The molecule has 0 fully saturated rings. The van der Waals surface area contributed by atoms with Gasteiger partial charge in [0.2, 0.25) is 5.91 Å². The molecule has 3 atom stereocenters. The van der Waals surface area contributed by atoms with Gasteiger partial charge in [-0.25, -0.2) is 0 Å². The molecule has 8 nitrogen and oxygen atoms in total. The zero-order chi connectivity index (χ0) is 57.7. The summed E-state index contributed by atoms with van der Waals surface area (Å²) in [5.41, 5.74) is 0. The van der Waals surface area contributed by atoms with Gasteiger partial charge >= 0.3 is 0 Å². The molecule has 0 radical (unpaired) electrons. The van der Waals surface area contributed by atoms with Crippen LogP contribution in [-0.2, 0) is 18.4 Å². The third-order valence-corrected chi connectivity index (χ3v) is 16.4. The Bertz CT molecular complexity index is 1470. The summed E-state index contributed by atoms with van der Waals surface area (Å²) in [7, 11) is 1.27. The van der Waals surface area contributed by atoms with E-state index in [1.165, 1.54) is 244 Å². The van der Waals surface area contributed by atoms with Crippen molar-refractivity contribution < 1.29 is 32.9 Å². The van der Waals surface area contributed by atoms with Crippen molar-refractivity contribution in [2.24, 2.45) is 0 Å². The maximum atomic E-state index is 13.0. The zero-order valence-electron chi connectivity index (χ0n) is 53.1. The van der Waals surface area contributed by atoms with Crippen molar-refractivity contribution in [1.29, 1.82) is 0 Å². The number of carbonyl (C=O) groups is 1. The number of phosphoric acid groups is 1. The smallest absolute Gasteiger partial charge is 0.268 e. The van der Waals surface area contributed by atoms with Crippen molar-refractivity contribution in [2.75, 3.05) is 40.9 Å². The summed E-state index contributed by atoms with van der Waals surface area (Å²) in [4.78, 5) is 25.6. The number of aliphatic hydroxyl groups excluding tert-OH is 1. The van der Waals surface area contributed by atoms with Crippen molar-refractivity contribution in [1.82, 2.24) is 5.32 Å². The highest BCUT2D eigenvalue weighted by atomic mass is 31.2. The second-order valence-electron chi connectivity index (χ2n) is 24.5. The molecule has 0 rings (SSSR count). The van der Waals surface area contributed by atoms with E-state index in [9.17, 15) is 19.4 Å². The van der Waals surface area contributed by atoms with Gasteiger partial charge in [0.15, 0.2) is 0 Å². The Balaban J connectivity index is 4.07. The lowest BCUT2D eigenvalue weighted by molar-refractivity contribution is -0.870. The Hall–Kier alpha value is -1.80.